The predicted octanol–water partition coefficient (Wildman–Crippen LogP) is 2.47. The zero-order valence-corrected chi connectivity index (χ0v) is 11.4. The van der Waals surface area contributed by atoms with Crippen molar-refractivity contribution in [2.75, 3.05) is 11.4 Å². The summed E-state index contributed by atoms with van der Waals surface area (Å²) in [7, 11) is 0. The molecule has 2 atom stereocenters. The maximum atomic E-state index is 5.97. The summed E-state index contributed by atoms with van der Waals surface area (Å²) >= 11 is 3.62. The summed E-state index contributed by atoms with van der Waals surface area (Å²) in [5.41, 5.74) is 7.20. The monoisotopic (exact) mass is 283 g/mol. The van der Waals surface area contributed by atoms with Gasteiger partial charge in [-0.3, -0.25) is 0 Å². The van der Waals surface area contributed by atoms with E-state index in [-0.39, 0.29) is 0 Å². The van der Waals surface area contributed by atoms with E-state index in [2.05, 4.69) is 39.7 Å². The third-order valence-electron chi connectivity index (χ3n) is 3.25. The van der Waals surface area contributed by atoms with Gasteiger partial charge in [-0.05, 0) is 54.2 Å². The smallest absolute Gasteiger partial charge is 0.143 e. The number of hydrogen-bond donors (Lipinski definition) is 1. The van der Waals surface area contributed by atoms with Crippen molar-refractivity contribution in [3.05, 3.63) is 22.3 Å². The van der Waals surface area contributed by atoms with Crippen LogP contribution in [0, 0.1) is 6.92 Å². The number of rotatable bonds is 1. The Morgan fingerprint density at radius 2 is 2.31 bits per heavy atom. The molecular formula is C12H18BrN3. The zero-order chi connectivity index (χ0) is 11.7. The Balaban J connectivity index is 2.27. The Bertz CT molecular complexity index is 381. The van der Waals surface area contributed by atoms with Gasteiger partial charge in [-0.1, -0.05) is 0 Å². The molecule has 2 unspecified atom stereocenters. The van der Waals surface area contributed by atoms with Crippen molar-refractivity contribution >= 4 is 21.7 Å². The van der Waals surface area contributed by atoms with Crippen LogP contribution in [0.3, 0.4) is 0 Å². The fourth-order valence-electron chi connectivity index (χ4n) is 2.25. The predicted molar refractivity (Wildman–Crippen MR) is 70.7 cm³/mol. The summed E-state index contributed by atoms with van der Waals surface area (Å²) < 4.78 is 1.11. The molecule has 1 aromatic heterocycles. The van der Waals surface area contributed by atoms with E-state index in [4.69, 9.17) is 5.73 Å². The molecule has 88 valence electrons. The van der Waals surface area contributed by atoms with Crippen LogP contribution in [0.5, 0.6) is 0 Å². The van der Waals surface area contributed by atoms with Gasteiger partial charge >= 0.3 is 0 Å². The zero-order valence-electron chi connectivity index (χ0n) is 9.78. The molecule has 3 nitrogen and oxygen atoms in total. The van der Waals surface area contributed by atoms with Gasteiger partial charge < -0.3 is 10.6 Å². The molecule has 1 fully saturated rings. The molecule has 0 bridgehead atoms. The van der Waals surface area contributed by atoms with Crippen molar-refractivity contribution in [2.24, 2.45) is 5.73 Å². The lowest BCUT2D eigenvalue weighted by molar-refractivity contribution is 0.427. The molecule has 1 saturated heterocycles. The maximum absolute atomic E-state index is 5.97. The molecule has 1 aliphatic rings. The van der Waals surface area contributed by atoms with Crippen molar-refractivity contribution in [2.45, 2.75) is 38.8 Å². The standard InChI is InChI=1S/C12H18BrN3/c1-8-3-5-15-12(11(8)13)16-6-4-10(14)7-9(16)2/h3,5,9-10H,4,6-7,14H2,1-2H3. The van der Waals surface area contributed by atoms with Crippen LogP contribution in [-0.4, -0.2) is 23.6 Å². The second-order valence-electron chi connectivity index (χ2n) is 4.59. The van der Waals surface area contributed by atoms with Gasteiger partial charge in [-0.2, -0.15) is 0 Å². The number of hydrogen-bond acceptors (Lipinski definition) is 3. The highest BCUT2D eigenvalue weighted by Crippen LogP contribution is 2.30. The Morgan fingerprint density at radius 1 is 1.56 bits per heavy atom. The lowest BCUT2D eigenvalue weighted by atomic mass is 9.99. The SMILES string of the molecule is Cc1ccnc(N2CCC(N)CC2C)c1Br. The highest BCUT2D eigenvalue weighted by molar-refractivity contribution is 9.10. The maximum Gasteiger partial charge on any atom is 0.143 e. The summed E-state index contributed by atoms with van der Waals surface area (Å²) in [5, 5.41) is 0. The highest BCUT2D eigenvalue weighted by Gasteiger charge is 2.25. The van der Waals surface area contributed by atoms with Gasteiger partial charge in [0, 0.05) is 24.8 Å². The molecule has 0 radical (unpaired) electrons. The lowest BCUT2D eigenvalue weighted by Gasteiger charge is -2.37. The Kier molecular flexibility index (Phi) is 3.50. The van der Waals surface area contributed by atoms with Gasteiger partial charge in [-0.15, -0.1) is 0 Å². The van der Waals surface area contributed by atoms with Gasteiger partial charge in [0.05, 0.1) is 4.47 Å². The molecule has 4 heteroatoms. The first-order valence-corrected chi connectivity index (χ1v) is 6.52. The van der Waals surface area contributed by atoms with Gasteiger partial charge in [0.2, 0.25) is 0 Å². The molecular weight excluding hydrogens is 266 g/mol. The summed E-state index contributed by atoms with van der Waals surface area (Å²) in [5.74, 6) is 1.06. The van der Waals surface area contributed by atoms with Gasteiger partial charge in [0.25, 0.3) is 0 Å². The number of aryl methyl sites for hydroxylation is 1. The van der Waals surface area contributed by atoms with Gasteiger partial charge in [-0.25, -0.2) is 4.98 Å². The first-order valence-electron chi connectivity index (χ1n) is 5.73. The topological polar surface area (TPSA) is 42.2 Å². The summed E-state index contributed by atoms with van der Waals surface area (Å²) in [6.45, 7) is 5.31. The normalized spacial score (nSPS) is 25.9. The fourth-order valence-corrected chi connectivity index (χ4v) is 2.71. The molecule has 0 amide bonds. The molecule has 0 aromatic carbocycles. The van der Waals surface area contributed by atoms with Crippen LogP contribution in [0.1, 0.15) is 25.3 Å². The van der Waals surface area contributed by atoms with Crippen molar-refractivity contribution in [3.63, 3.8) is 0 Å². The van der Waals surface area contributed by atoms with Crippen molar-refractivity contribution in [1.82, 2.24) is 4.98 Å². The van der Waals surface area contributed by atoms with E-state index in [1.165, 1.54) is 5.56 Å². The number of pyridine rings is 1. The van der Waals surface area contributed by atoms with Crippen molar-refractivity contribution in [1.29, 1.82) is 0 Å². The first-order chi connectivity index (χ1) is 7.59. The summed E-state index contributed by atoms with van der Waals surface area (Å²) in [4.78, 5) is 6.82. The van der Waals surface area contributed by atoms with E-state index < -0.39 is 0 Å². The van der Waals surface area contributed by atoms with Gasteiger partial charge in [0.15, 0.2) is 0 Å². The second-order valence-corrected chi connectivity index (χ2v) is 5.39. The minimum Gasteiger partial charge on any atom is -0.353 e. The van der Waals surface area contributed by atoms with Crippen LogP contribution in [0.15, 0.2) is 16.7 Å². The minimum absolute atomic E-state index is 0.342. The molecule has 2 heterocycles. The number of nitrogens with two attached hydrogens (primary N) is 1. The van der Waals surface area contributed by atoms with Crippen LogP contribution in [-0.2, 0) is 0 Å². The number of anilines is 1. The van der Waals surface area contributed by atoms with E-state index in [0.29, 0.717) is 12.1 Å². The number of halogens is 1. The average Bonchev–Trinajstić information content (AvgIpc) is 2.23. The molecule has 1 aliphatic heterocycles. The van der Waals surface area contributed by atoms with Gasteiger partial charge in [0.1, 0.15) is 5.82 Å². The Morgan fingerprint density at radius 3 is 3.00 bits per heavy atom. The van der Waals surface area contributed by atoms with E-state index in [1.54, 1.807) is 0 Å². The number of piperidine rings is 1. The highest BCUT2D eigenvalue weighted by atomic mass is 79.9. The van der Waals surface area contributed by atoms with E-state index in [9.17, 15) is 0 Å². The average molecular weight is 284 g/mol. The molecule has 16 heavy (non-hydrogen) atoms. The quantitative estimate of drug-likeness (QED) is 0.861. The van der Waals surface area contributed by atoms with Crippen LogP contribution in [0.25, 0.3) is 0 Å². The first kappa shape index (κ1) is 11.9. The fraction of sp³-hybridized carbons (Fsp3) is 0.583. The molecule has 0 aliphatic carbocycles. The Hall–Kier alpha value is -0.610. The van der Waals surface area contributed by atoms with Crippen LogP contribution < -0.4 is 10.6 Å². The second kappa shape index (κ2) is 4.72. The molecule has 2 N–H and O–H groups in total. The largest absolute Gasteiger partial charge is 0.353 e. The summed E-state index contributed by atoms with van der Waals surface area (Å²) in [6, 6.07) is 2.83. The van der Waals surface area contributed by atoms with Crippen LogP contribution >= 0.6 is 15.9 Å². The molecule has 0 saturated carbocycles. The number of aromatic nitrogens is 1. The van der Waals surface area contributed by atoms with Crippen LogP contribution in [0.4, 0.5) is 5.82 Å². The molecule has 0 spiro atoms. The van der Waals surface area contributed by atoms with E-state index >= 15 is 0 Å². The van der Waals surface area contributed by atoms with E-state index in [1.807, 2.05) is 12.3 Å². The molecule has 1 aromatic rings. The third-order valence-corrected chi connectivity index (χ3v) is 4.23. The van der Waals surface area contributed by atoms with Crippen LogP contribution in [0.2, 0.25) is 0 Å². The van der Waals surface area contributed by atoms with Crippen molar-refractivity contribution < 1.29 is 0 Å². The van der Waals surface area contributed by atoms with E-state index in [0.717, 1.165) is 29.7 Å². The Labute approximate surface area is 105 Å². The number of nitrogens with zero attached hydrogens (tertiary/aromatic N) is 2. The minimum atomic E-state index is 0.342. The third kappa shape index (κ3) is 2.23. The summed E-state index contributed by atoms with van der Waals surface area (Å²) in [6.07, 6.45) is 3.96. The van der Waals surface area contributed by atoms with Crippen molar-refractivity contribution in [3.8, 4) is 0 Å². The molecule has 2 rings (SSSR count). The lowest BCUT2D eigenvalue weighted by Crippen LogP contribution is -2.46.